The smallest absolute Gasteiger partial charge is 0.422 e. The summed E-state index contributed by atoms with van der Waals surface area (Å²) in [4.78, 5) is 8.08. The topological polar surface area (TPSA) is 54.7 Å². The number of pyridine rings is 1. The second-order valence-corrected chi connectivity index (χ2v) is 6.99. The highest BCUT2D eigenvalue weighted by Crippen LogP contribution is 2.40. The van der Waals surface area contributed by atoms with Gasteiger partial charge in [-0.05, 0) is 42.7 Å². The van der Waals surface area contributed by atoms with E-state index in [4.69, 9.17) is 4.74 Å². The highest BCUT2D eigenvalue weighted by Gasteiger charge is 2.53. The third-order valence-corrected chi connectivity index (χ3v) is 4.88. The maximum absolute atomic E-state index is 14.0. The van der Waals surface area contributed by atoms with Gasteiger partial charge in [0.25, 0.3) is 0 Å². The van der Waals surface area contributed by atoms with Gasteiger partial charge in [0.2, 0.25) is 0 Å². The van der Waals surface area contributed by atoms with Crippen LogP contribution in [0.2, 0.25) is 0 Å². The van der Waals surface area contributed by atoms with E-state index >= 15 is 0 Å². The Labute approximate surface area is 170 Å². The minimum absolute atomic E-state index is 0.147. The zero-order chi connectivity index (χ0) is 21.9. The van der Waals surface area contributed by atoms with E-state index in [1.807, 2.05) is 0 Å². The van der Waals surface area contributed by atoms with Crippen LogP contribution in [-0.2, 0) is 0 Å². The number of aromatic nitrogens is 1. The predicted octanol–water partition coefficient (Wildman–Crippen LogP) is 5.57. The van der Waals surface area contributed by atoms with Gasteiger partial charge in [0.15, 0.2) is 17.2 Å². The number of hydrogen-bond donors (Lipinski definition) is 1. The molecule has 0 bridgehead atoms. The van der Waals surface area contributed by atoms with Crippen molar-refractivity contribution in [2.45, 2.75) is 31.0 Å². The molecule has 30 heavy (non-hydrogen) atoms. The molecule has 3 aromatic rings. The van der Waals surface area contributed by atoms with Crippen molar-refractivity contribution >= 4 is 22.8 Å². The molecule has 0 aliphatic rings. The van der Waals surface area contributed by atoms with E-state index in [2.05, 4.69) is 9.98 Å². The Morgan fingerprint density at radius 3 is 2.57 bits per heavy atom. The molecule has 0 unspecified atom stereocenters. The first-order valence-corrected chi connectivity index (χ1v) is 9.17. The molecule has 8 heteroatoms. The van der Waals surface area contributed by atoms with Crippen LogP contribution in [0.15, 0.2) is 59.7 Å². The van der Waals surface area contributed by atoms with Crippen molar-refractivity contribution < 1.29 is 27.4 Å². The minimum Gasteiger partial charge on any atom is -0.493 e. The predicted molar refractivity (Wildman–Crippen MR) is 107 cm³/mol. The summed E-state index contributed by atoms with van der Waals surface area (Å²) in [5.41, 5.74) is -2.18. The quantitative estimate of drug-likeness (QED) is 0.419. The van der Waals surface area contributed by atoms with Crippen molar-refractivity contribution in [3.05, 3.63) is 66.1 Å². The van der Waals surface area contributed by atoms with Crippen LogP contribution in [0.25, 0.3) is 10.9 Å². The Morgan fingerprint density at radius 2 is 1.87 bits per heavy atom. The van der Waals surface area contributed by atoms with E-state index in [-0.39, 0.29) is 17.0 Å². The first kappa shape index (κ1) is 21.7. The van der Waals surface area contributed by atoms with Gasteiger partial charge in [-0.1, -0.05) is 25.1 Å². The standard InChI is InChI=1S/C22H20F4N2O2/c1-14(15-6-3-8-17(23)20(15)30-2)12-21(29,22(24,25)26)13-28-19-10-4-9-18-16(19)7-5-11-27-18/h3-11,13-14,29H,12H2,1-2H3/t14-,21-/m1/s1. The SMILES string of the molecule is COc1c(F)cccc1[C@H](C)C[C@@](O)(C=Nc1cccc2ncccc12)C(F)(F)F. The molecule has 4 nitrogen and oxygen atoms in total. The van der Waals surface area contributed by atoms with E-state index in [0.29, 0.717) is 17.1 Å². The number of ether oxygens (including phenoxy) is 1. The molecule has 0 saturated carbocycles. The number of aliphatic hydroxyl groups is 1. The highest BCUT2D eigenvalue weighted by molar-refractivity contribution is 5.91. The zero-order valence-electron chi connectivity index (χ0n) is 16.3. The molecular formula is C22H20F4N2O2. The summed E-state index contributed by atoms with van der Waals surface area (Å²) in [6, 6.07) is 12.2. The molecule has 2 aromatic carbocycles. The van der Waals surface area contributed by atoms with E-state index in [9.17, 15) is 22.7 Å². The summed E-state index contributed by atoms with van der Waals surface area (Å²) < 4.78 is 60.3. The molecule has 0 saturated heterocycles. The molecule has 1 N–H and O–H groups in total. The van der Waals surface area contributed by atoms with Crippen LogP contribution in [-0.4, -0.2) is 35.2 Å². The third-order valence-electron chi connectivity index (χ3n) is 4.88. The van der Waals surface area contributed by atoms with E-state index < -0.39 is 29.9 Å². The van der Waals surface area contributed by atoms with Crippen molar-refractivity contribution in [3.63, 3.8) is 0 Å². The normalized spacial score (nSPS) is 15.3. The third kappa shape index (κ3) is 4.28. The second kappa shape index (κ2) is 8.39. The van der Waals surface area contributed by atoms with Crippen molar-refractivity contribution in [3.8, 4) is 5.75 Å². The number of hydrogen-bond acceptors (Lipinski definition) is 4. The molecule has 158 valence electrons. The molecule has 0 aliphatic heterocycles. The van der Waals surface area contributed by atoms with Crippen molar-refractivity contribution in [1.29, 1.82) is 0 Å². The largest absolute Gasteiger partial charge is 0.493 e. The van der Waals surface area contributed by atoms with Crippen LogP contribution in [0.1, 0.15) is 24.8 Å². The lowest BCUT2D eigenvalue weighted by molar-refractivity contribution is -0.231. The molecule has 0 radical (unpaired) electrons. The number of aliphatic imine (C=N–C) groups is 1. The summed E-state index contributed by atoms with van der Waals surface area (Å²) in [6.07, 6.45) is -3.69. The average Bonchev–Trinajstić information content (AvgIpc) is 2.71. The first-order valence-electron chi connectivity index (χ1n) is 9.17. The molecule has 0 fully saturated rings. The Bertz CT molecular complexity index is 1060. The molecular weight excluding hydrogens is 400 g/mol. The number of benzene rings is 2. The van der Waals surface area contributed by atoms with Crippen molar-refractivity contribution in [2.75, 3.05) is 7.11 Å². The number of methoxy groups -OCH3 is 1. The summed E-state index contributed by atoms with van der Waals surface area (Å²) in [5, 5.41) is 11.1. The van der Waals surface area contributed by atoms with Gasteiger partial charge in [-0.15, -0.1) is 0 Å². The summed E-state index contributed by atoms with van der Waals surface area (Å²) in [6.45, 7) is 1.46. The van der Waals surface area contributed by atoms with E-state index in [1.54, 1.807) is 30.5 Å². The van der Waals surface area contributed by atoms with Gasteiger partial charge in [-0.2, -0.15) is 13.2 Å². The fourth-order valence-electron chi connectivity index (χ4n) is 3.32. The van der Waals surface area contributed by atoms with Gasteiger partial charge >= 0.3 is 6.18 Å². The summed E-state index contributed by atoms with van der Waals surface area (Å²) in [7, 11) is 1.24. The summed E-state index contributed by atoms with van der Waals surface area (Å²) in [5.74, 6) is -1.70. The Hall–Kier alpha value is -3.00. The van der Waals surface area contributed by atoms with Gasteiger partial charge in [0, 0.05) is 23.4 Å². The maximum Gasteiger partial charge on any atom is 0.422 e. The fraction of sp³-hybridized carbons (Fsp3) is 0.273. The lowest BCUT2D eigenvalue weighted by Gasteiger charge is -2.30. The molecule has 2 atom stereocenters. The monoisotopic (exact) mass is 420 g/mol. The Kier molecular flexibility index (Phi) is 6.07. The van der Waals surface area contributed by atoms with Crippen LogP contribution in [0.5, 0.6) is 5.75 Å². The summed E-state index contributed by atoms with van der Waals surface area (Å²) >= 11 is 0. The highest BCUT2D eigenvalue weighted by atomic mass is 19.4. The zero-order valence-corrected chi connectivity index (χ0v) is 16.3. The molecule has 3 rings (SSSR count). The lowest BCUT2D eigenvalue weighted by Crippen LogP contribution is -2.47. The lowest BCUT2D eigenvalue weighted by atomic mass is 9.86. The second-order valence-electron chi connectivity index (χ2n) is 6.99. The van der Waals surface area contributed by atoms with Gasteiger partial charge < -0.3 is 9.84 Å². The molecule has 1 aromatic heterocycles. The van der Waals surface area contributed by atoms with Crippen molar-refractivity contribution in [1.82, 2.24) is 4.98 Å². The fourth-order valence-corrected chi connectivity index (χ4v) is 3.32. The van der Waals surface area contributed by atoms with Crippen LogP contribution in [0.4, 0.5) is 23.2 Å². The van der Waals surface area contributed by atoms with E-state index in [1.165, 1.54) is 32.2 Å². The van der Waals surface area contributed by atoms with Crippen LogP contribution < -0.4 is 4.74 Å². The van der Waals surface area contributed by atoms with Crippen molar-refractivity contribution in [2.24, 2.45) is 4.99 Å². The van der Waals surface area contributed by atoms with Gasteiger partial charge in [0.1, 0.15) is 0 Å². The minimum atomic E-state index is -4.99. The average molecular weight is 420 g/mol. The molecule has 0 aliphatic carbocycles. The number of para-hydroxylation sites is 1. The molecule has 0 spiro atoms. The van der Waals surface area contributed by atoms with Gasteiger partial charge in [-0.3, -0.25) is 9.98 Å². The molecule has 0 amide bonds. The van der Waals surface area contributed by atoms with Crippen LogP contribution >= 0.6 is 0 Å². The van der Waals surface area contributed by atoms with Gasteiger partial charge in [-0.25, -0.2) is 4.39 Å². The number of fused-ring (bicyclic) bond motifs is 1. The van der Waals surface area contributed by atoms with Gasteiger partial charge in [0.05, 0.1) is 18.3 Å². The molecule has 1 heterocycles. The van der Waals surface area contributed by atoms with Crippen LogP contribution in [0.3, 0.4) is 0 Å². The Balaban J connectivity index is 1.97. The number of halogens is 4. The Morgan fingerprint density at radius 1 is 1.13 bits per heavy atom. The van der Waals surface area contributed by atoms with Crippen LogP contribution in [0, 0.1) is 5.82 Å². The first-order chi connectivity index (χ1) is 14.2. The number of alkyl halides is 3. The van der Waals surface area contributed by atoms with E-state index in [0.717, 1.165) is 6.07 Å². The number of rotatable bonds is 6. The maximum atomic E-state index is 14.0. The number of nitrogens with zero attached hydrogens (tertiary/aromatic N) is 2.